The number of nitrogens with zero attached hydrogens (tertiary/aromatic N) is 6. The Morgan fingerprint density at radius 3 is 2.72 bits per heavy atom. The summed E-state index contributed by atoms with van der Waals surface area (Å²) in [7, 11) is 0. The Hall–Kier alpha value is -3.76. The van der Waals surface area contributed by atoms with Gasteiger partial charge in [0.1, 0.15) is 11.4 Å². The van der Waals surface area contributed by atoms with Crippen LogP contribution in [0.3, 0.4) is 0 Å². The second-order valence-corrected chi connectivity index (χ2v) is 8.29. The van der Waals surface area contributed by atoms with Crippen LogP contribution in [-0.4, -0.2) is 58.4 Å². The lowest BCUT2D eigenvalue weighted by molar-refractivity contribution is -0.129. The fraction of sp³-hybridized carbons (Fsp3) is 0.429. The molecule has 4 N–H and O–H groups in total. The molecule has 2 aromatic rings. The number of aromatic nitrogens is 2. The molecule has 0 bridgehead atoms. The fourth-order valence-electron chi connectivity index (χ4n) is 4.22. The number of nitrogens with one attached hydrogen (secondary N) is 2. The Morgan fingerprint density at radius 2 is 1.97 bits per heavy atom. The molecule has 2 amide bonds. The smallest absolute Gasteiger partial charge is 0.302 e. The van der Waals surface area contributed by atoms with Crippen LogP contribution in [0.1, 0.15) is 36.0 Å². The summed E-state index contributed by atoms with van der Waals surface area (Å²) in [6.07, 6.45) is 5.09. The Labute approximate surface area is 185 Å². The van der Waals surface area contributed by atoms with Gasteiger partial charge in [0, 0.05) is 55.7 Å². The van der Waals surface area contributed by atoms with Gasteiger partial charge in [-0.2, -0.15) is 4.98 Å². The van der Waals surface area contributed by atoms with Crippen molar-refractivity contribution in [2.24, 2.45) is 16.2 Å². The van der Waals surface area contributed by atoms with Crippen LogP contribution in [0.15, 0.2) is 40.8 Å². The highest BCUT2D eigenvalue weighted by molar-refractivity contribution is 5.99. The van der Waals surface area contributed by atoms with Crippen molar-refractivity contribution in [3.05, 3.63) is 36.0 Å². The first-order valence-electron chi connectivity index (χ1n) is 10.8. The van der Waals surface area contributed by atoms with Crippen molar-refractivity contribution in [1.29, 1.82) is 0 Å². The first-order valence-corrected chi connectivity index (χ1v) is 10.8. The molecule has 32 heavy (non-hydrogen) atoms. The van der Waals surface area contributed by atoms with E-state index >= 15 is 0 Å². The number of carbonyl (C=O) groups is 2. The third kappa shape index (κ3) is 4.18. The molecule has 1 aromatic carbocycles. The van der Waals surface area contributed by atoms with E-state index in [4.69, 9.17) is 5.84 Å². The molecule has 0 spiro atoms. The van der Waals surface area contributed by atoms with Crippen LogP contribution in [0.5, 0.6) is 0 Å². The first kappa shape index (κ1) is 20.2. The second-order valence-electron chi connectivity index (χ2n) is 8.29. The number of rotatable bonds is 6. The second kappa shape index (κ2) is 8.40. The number of hydrogen-bond donors (Lipinski definition) is 3. The molecule has 3 fully saturated rings. The molecule has 1 atom stereocenters. The number of piperazine rings is 1. The van der Waals surface area contributed by atoms with Gasteiger partial charge in [0.05, 0.1) is 0 Å². The largest absolute Gasteiger partial charge is 0.368 e. The van der Waals surface area contributed by atoms with Gasteiger partial charge in [-0.3, -0.25) is 9.59 Å². The van der Waals surface area contributed by atoms with Crippen molar-refractivity contribution < 1.29 is 9.59 Å². The summed E-state index contributed by atoms with van der Waals surface area (Å²) >= 11 is 0. The van der Waals surface area contributed by atoms with Crippen molar-refractivity contribution in [1.82, 2.24) is 14.9 Å². The van der Waals surface area contributed by atoms with Crippen molar-refractivity contribution in [3.63, 3.8) is 0 Å². The zero-order valence-corrected chi connectivity index (χ0v) is 17.6. The van der Waals surface area contributed by atoms with Crippen LogP contribution in [-0.2, 0) is 4.79 Å². The van der Waals surface area contributed by atoms with Crippen LogP contribution in [0.4, 0.5) is 23.1 Å². The molecule has 11 heteroatoms. The van der Waals surface area contributed by atoms with Gasteiger partial charge in [0.25, 0.3) is 0 Å². The van der Waals surface area contributed by atoms with E-state index in [9.17, 15) is 9.59 Å². The number of hydrogen-bond acceptors (Lipinski definition) is 8. The van der Waals surface area contributed by atoms with Gasteiger partial charge in [-0.05, 0) is 43.5 Å². The standard InChI is InChI=1S/C21H25N9O2/c22-28-27-20(32)17-11-23-21(26-19(17)24-13-1-2-13)25-14-3-5-15(6-4-14)29-9-10-30-16(12-29)7-8-18(30)31/h3-6,11,13,16H,1-2,7-10,12H2,(H2,22,27,32)(H2,23,24,25,26)/t16-/m0/s1. The highest BCUT2D eigenvalue weighted by atomic mass is 16.2. The Balaban J connectivity index is 1.28. The van der Waals surface area contributed by atoms with E-state index < -0.39 is 5.91 Å². The van der Waals surface area contributed by atoms with Crippen LogP contribution >= 0.6 is 0 Å². The number of nitrogens with two attached hydrogens (primary N) is 1. The lowest BCUT2D eigenvalue weighted by atomic mass is 10.1. The maximum absolute atomic E-state index is 12.1. The molecular formula is C21H25N9O2. The van der Waals surface area contributed by atoms with Crippen molar-refractivity contribution in [2.75, 3.05) is 35.2 Å². The summed E-state index contributed by atoms with van der Waals surface area (Å²) in [5.41, 5.74) is 2.19. The van der Waals surface area contributed by atoms with Gasteiger partial charge in [0.2, 0.25) is 11.9 Å². The van der Waals surface area contributed by atoms with E-state index in [1.165, 1.54) is 6.20 Å². The van der Waals surface area contributed by atoms with Gasteiger partial charge >= 0.3 is 5.91 Å². The summed E-state index contributed by atoms with van der Waals surface area (Å²) in [5.74, 6) is 5.49. The van der Waals surface area contributed by atoms with E-state index in [0.717, 1.165) is 50.3 Å². The van der Waals surface area contributed by atoms with Crippen molar-refractivity contribution in [3.8, 4) is 0 Å². The van der Waals surface area contributed by atoms with Gasteiger partial charge in [-0.25, -0.2) is 4.98 Å². The average molecular weight is 435 g/mol. The predicted octanol–water partition coefficient (Wildman–Crippen LogP) is 2.07. The molecule has 0 radical (unpaired) electrons. The maximum Gasteiger partial charge on any atom is 0.302 e. The van der Waals surface area contributed by atoms with E-state index in [1.807, 2.05) is 17.0 Å². The van der Waals surface area contributed by atoms with E-state index in [0.29, 0.717) is 30.3 Å². The van der Waals surface area contributed by atoms with Crippen LogP contribution < -0.4 is 21.4 Å². The molecule has 3 aliphatic rings. The third-order valence-corrected chi connectivity index (χ3v) is 6.07. The van der Waals surface area contributed by atoms with Crippen LogP contribution in [0, 0.1) is 0 Å². The van der Waals surface area contributed by atoms with Gasteiger partial charge in [-0.15, -0.1) is 0 Å². The minimum absolute atomic E-state index is 0.233. The first-order chi connectivity index (χ1) is 15.6. The minimum atomic E-state index is -0.587. The zero-order valence-electron chi connectivity index (χ0n) is 17.6. The predicted molar refractivity (Wildman–Crippen MR) is 119 cm³/mol. The molecule has 0 unspecified atom stereocenters. The molecule has 1 aliphatic carbocycles. The lowest BCUT2D eigenvalue weighted by Crippen LogP contribution is -2.51. The summed E-state index contributed by atoms with van der Waals surface area (Å²) in [6, 6.07) is 8.67. The summed E-state index contributed by atoms with van der Waals surface area (Å²) in [5, 5.41) is 12.9. The average Bonchev–Trinajstić information content (AvgIpc) is 3.54. The topological polar surface area (TPSA) is 141 Å². The summed E-state index contributed by atoms with van der Waals surface area (Å²) < 4.78 is 0. The van der Waals surface area contributed by atoms with Crippen molar-refractivity contribution >= 4 is 35.0 Å². The molecule has 166 valence electrons. The van der Waals surface area contributed by atoms with Crippen LogP contribution in [0.25, 0.3) is 0 Å². The van der Waals surface area contributed by atoms with Gasteiger partial charge in [-0.1, -0.05) is 10.3 Å². The number of benzene rings is 1. The Morgan fingerprint density at radius 1 is 1.16 bits per heavy atom. The SMILES string of the molecule is NN=NC(=O)c1cnc(Nc2ccc(N3CCN4C(=O)CC[C@H]4C3)cc2)nc1NC1CC1. The molecule has 3 heterocycles. The monoisotopic (exact) mass is 435 g/mol. The molecule has 5 rings (SSSR count). The molecule has 2 aliphatic heterocycles. The summed E-state index contributed by atoms with van der Waals surface area (Å²) in [6.45, 7) is 2.49. The van der Waals surface area contributed by atoms with E-state index in [1.54, 1.807) is 0 Å². The molecular weight excluding hydrogens is 410 g/mol. The lowest BCUT2D eigenvalue weighted by Gasteiger charge is -2.38. The maximum atomic E-state index is 12.1. The van der Waals surface area contributed by atoms with E-state index in [2.05, 4.69) is 48.0 Å². The number of anilines is 4. The quantitative estimate of drug-likeness (QED) is 0.356. The Bertz CT molecular complexity index is 1050. The molecule has 1 saturated carbocycles. The minimum Gasteiger partial charge on any atom is -0.368 e. The third-order valence-electron chi connectivity index (χ3n) is 6.07. The number of amides is 2. The number of fused-ring (bicyclic) bond motifs is 1. The number of carbonyl (C=O) groups excluding carboxylic acids is 2. The van der Waals surface area contributed by atoms with Crippen LogP contribution in [0.2, 0.25) is 0 Å². The highest BCUT2D eigenvalue weighted by Gasteiger charge is 2.35. The highest BCUT2D eigenvalue weighted by Crippen LogP contribution is 2.29. The molecule has 1 aromatic heterocycles. The van der Waals surface area contributed by atoms with Crippen molar-refractivity contribution in [2.45, 2.75) is 37.8 Å². The van der Waals surface area contributed by atoms with Gasteiger partial charge < -0.3 is 26.3 Å². The van der Waals surface area contributed by atoms with E-state index in [-0.39, 0.29) is 11.5 Å². The zero-order chi connectivity index (χ0) is 22.1. The molecule has 11 nitrogen and oxygen atoms in total. The summed E-state index contributed by atoms with van der Waals surface area (Å²) in [4.78, 5) is 37.0. The normalized spacial score (nSPS) is 20.5. The Kier molecular flexibility index (Phi) is 5.29. The van der Waals surface area contributed by atoms with Gasteiger partial charge in [0.15, 0.2) is 0 Å². The fourth-order valence-corrected chi connectivity index (χ4v) is 4.22. The molecule has 2 saturated heterocycles.